The van der Waals surface area contributed by atoms with E-state index in [9.17, 15) is 4.79 Å². The molecule has 0 amide bonds. The van der Waals surface area contributed by atoms with Crippen LogP contribution in [0.25, 0.3) is 10.2 Å². The molecule has 0 unspecified atom stereocenters. The number of pyridine rings is 1. The molecule has 0 radical (unpaired) electrons. The first kappa shape index (κ1) is 11.2. The lowest BCUT2D eigenvalue weighted by Gasteiger charge is -2.00. The minimum absolute atomic E-state index is 0.0417. The molecule has 3 rings (SSSR count). The molecule has 18 heavy (non-hydrogen) atoms. The van der Waals surface area contributed by atoms with E-state index in [1.54, 1.807) is 0 Å². The van der Waals surface area contributed by atoms with Gasteiger partial charge in [0, 0.05) is 11.1 Å². The van der Waals surface area contributed by atoms with Gasteiger partial charge in [0.25, 0.3) is 0 Å². The number of aromatic nitrogens is 1. The summed E-state index contributed by atoms with van der Waals surface area (Å²) < 4.78 is 5.03. The maximum absolute atomic E-state index is 11.8. The molecule has 0 atom stereocenters. The number of aryl methyl sites for hydroxylation is 2. The molecule has 5 nitrogen and oxygen atoms in total. The van der Waals surface area contributed by atoms with Crippen molar-refractivity contribution in [1.29, 1.82) is 0 Å². The number of hydrogen-bond acceptors (Lipinski definition) is 6. The lowest BCUT2D eigenvalue weighted by molar-refractivity contribution is 0.0572. The van der Waals surface area contributed by atoms with Gasteiger partial charge in [-0.1, -0.05) is 0 Å². The van der Waals surface area contributed by atoms with Gasteiger partial charge >= 0.3 is 5.97 Å². The zero-order valence-corrected chi connectivity index (χ0v) is 10.8. The first-order chi connectivity index (χ1) is 8.56. The highest BCUT2D eigenvalue weighted by atomic mass is 32.1. The molecule has 3 heterocycles. The van der Waals surface area contributed by atoms with Crippen LogP contribution in [0.1, 0.15) is 20.9 Å². The number of esters is 1. The van der Waals surface area contributed by atoms with Crippen LogP contribution >= 0.6 is 11.3 Å². The van der Waals surface area contributed by atoms with Crippen molar-refractivity contribution in [1.82, 2.24) is 4.98 Å². The van der Waals surface area contributed by atoms with Crippen LogP contribution in [0.2, 0.25) is 0 Å². The Balaban J connectivity index is 2.42. The van der Waals surface area contributed by atoms with E-state index in [4.69, 9.17) is 10.5 Å². The lowest BCUT2D eigenvalue weighted by Crippen LogP contribution is -2.18. The monoisotopic (exact) mass is 261 g/mol. The van der Waals surface area contributed by atoms with E-state index in [0.717, 1.165) is 21.5 Å². The number of rotatable bonds is 0. The van der Waals surface area contributed by atoms with Crippen LogP contribution < -0.4 is 5.73 Å². The average Bonchev–Trinajstić information content (AvgIpc) is 2.58. The van der Waals surface area contributed by atoms with Crippen molar-refractivity contribution in [3.05, 3.63) is 22.2 Å². The third kappa shape index (κ3) is 1.57. The van der Waals surface area contributed by atoms with Crippen LogP contribution in [0.15, 0.2) is 11.1 Å². The fourth-order valence-corrected chi connectivity index (χ4v) is 3.18. The van der Waals surface area contributed by atoms with Crippen LogP contribution in [-0.4, -0.2) is 23.4 Å². The van der Waals surface area contributed by atoms with Gasteiger partial charge in [-0.2, -0.15) is 0 Å². The minimum atomic E-state index is -0.380. The number of fused-ring (bicyclic) bond motifs is 3. The van der Waals surface area contributed by atoms with Crippen LogP contribution in [0, 0.1) is 13.8 Å². The molecule has 1 aliphatic rings. The first-order valence-electron chi connectivity index (χ1n) is 5.47. The molecule has 2 aromatic heterocycles. The smallest absolute Gasteiger partial charge is 0.351 e. The SMILES string of the molecule is Cc1cc(C)c2c3c(sc2n1)C(=O)OCC(N)=N3. The van der Waals surface area contributed by atoms with Gasteiger partial charge in [0.05, 0.1) is 0 Å². The number of carbonyl (C=O) groups excluding carboxylic acids is 1. The Hall–Kier alpha value is -1.95. The summed E-state index contributed by atoms with van der Waals surface area (Å²) in [4.78, 5) is 21.8. The molecule has 0 spiro atoms. The second-order valence-corrected chi connectivity index (χ2v) is 5.22. The molecular weight excluding hydrogens is 250 g/mol. The molecule has 2 N–H and O–H groups in total. The van der Waals surface area contributed by atoms with Gasteiger partial charge in [0.1, 0.15) is 27.8 Å². The van der Waals surface area contributed by atoms with Crippen molar-refractivity contribution in [3.63, 3.8) is 0 Å². The number of aliphatic imine (C=N–C) groups is 1. The third-order valence-corrected chi connectivity index (χ3v) is 3.81. The van der Waals surface area contributed by atoms with E-state index in [-0.39, 0.29) is 12.6 Å². The maximum Gasteiger partial charge on any atom is 0.351 e. The van der Waals surface area contributed by atoms with Crippen molar-refractivity contribution in [2.75, 3.05) is 6.61 Å². The fraction of sp³-hybridized carbons (Fsp3) is 0.250. The number of thiophene rings is 1. The lowest BCUT2D eigenvalue weighted by atomic mass is 10.1. The zero-order chi connectivity index (χ0) is 12.9. The molecule has 0 saturated heterocycles. The van der Waals surface area contributed by atoms with Crippen LogP contribution in [-0.2, 0) is 4.74 Å². The minimum Gasteiger partial charge on any atom is -0.453 e. The molecule has 0 saturated carbocycles. The standard InChI is InChI=1S/C12H11N3O2S/c1-5-3-6(2)14-11-8(5)9-10(18-11)12(16)17-4-7(13)15-9/h3H,4H2,1-2H3,(H2,13,15). The predicted octanol–water partition coefficient (Wildman–Crippen LogP) is 2.07. The quantitative estimate of drug-likeness (QED) is 0.736. The number of ether oxygens (including phenoxy) is 1. The van der Waals surface area contributed by atoms with Crippen molar-refractivity contribution in [3.8, 4) is 0 Å². The van der Waals surface area contributed by atoms with Gasteiger partial charge in [-0.15, -0.1) is 11.3 Å². The van der Waals surface area contributed by atoms with Gasteiger partial charge in [0.15, 0.2) is 0 Å². The largest absolute Gasteiger partial charge is 0.453 e. The molecule has 2 aromatic rings. The summed E-state index contributed by atoms with van der Waals surface area (Å²) in [5.41, 5.74) is 8.26. The number of amidine groups is 1. The summed E-state index contributed by atoms with van der Waals surface area (Å²) in [5.74, 6) is -0.0731. The Bertz CT molecular complexity index is 703. The summed E-state index contributed by atoms with van der Waals surface area (Å²) in [7, 11) is 0. The summed E-state index contributed by atoms with van der Waals surface area (Å²) in [6.45, 7) is 3.94. The zero-order valence-electron chi connectivity index (χ0n) is 9.98. The van der Waals surface area contributed by atoms with Crippen LogP contribution in [0.5, 0.6) is 0 Å². The Morgan fingerprint density at radius 1 is 1.44 bits per heavy atom. The fourth-order valence-electron chi connectivity index (χ4n) is 2.05. The number of carbonyl (C=O) groups is 1. The van der Waals surface area contributed by atoms with Crippen LogP contribution in [0.3, 0.4) is 0 Å². The third-order valence-electron chi connectivity index (χ3n) is 2.75. The highest BCUT2D eigenvalue weighted by molar-refractivity contribution is 7.21. The second kappa shape index (κ2) is 3.78. The van der Waals surface area contributed by atoms with E-state index >= 15 is 0 Å². The van der Waals surface area contributed by atoms with Gasteiger partial charge in [-0.25, -0.2) is 14.8 Å². The molecule has 1 aliphatic heterocycles. The maximum atomic E-state index is 11.8. The second-order valence-electron chi connectivity index (χ2n) is 4.22. The highest BCUT2D eigenvalue weighted by Crippen LogP contribution is 2.40. The first-order valence-corrected chi connectivity index (χ1v) is 6.29. The summed E-state index contributed by atoms with van der Waals surface area (Å²) >= 11 is 1.30. The normalized spacial score (nSPS) is 15.0. The summed E-state index contributed by atoms with van der Waals surface area (Å²) in [6.07, 6.45) is 0. The van der Waals surface area contributed by atoms with Crippen molar-refractivity contribution < 1.29 is 9.53 Å². The molecular formula is C12H11N3O2S. The molecule has 0 aromatic carbocycles. The van der Waals surface area contributed by atoms with E-state index in [1.165, 1.54) is 11.3 Å². The Morgan fingerprint density at radius 2 is 2.22 bits per heavy atom. The van der Waals surface area contributed by atoms with Crippen molar-refractivity contribution in [2.45, 2.75) is 13.8 Å². The van der Waals surface area contributed by atoms with E-state index in [2.05, 4.69) is 9.98 Å². The Kier molecular flexibility index (Phi) is 2.34. The van der Waals surface area contributed by atoms with Crippen molar-refractivity contribution >= 4 is 39.0 Å². The predicted molar refractivity (Wildman–Crippen MR) is 70.7 cm³/mol. The number of hydrogen-bond donors (Lipinski definition) is 1. The topological polar surface area (TPSA) is 77.6 Å². The van der Waals surface area contributed by atoms with Crippen molar-refractivity contribution in [2.24, 2.45) is 10.7 Å². The van der Waals surface area contributed by atoms with E-state index in [0.29, 0.717) is 16.4 Å². The average molecular weight is 261 g/mol. The van der Waals surface area contributed by atoms with Crippen LogP contribution in [0.4, 0.5) is 5.69 Å². The number of cyclic esters (lactones) is 1. The number of nitrogens with two attached hydrogens (primary N) is 1. The Morgan fingerprint density at radius 3 is 3.00 bits per heavy atom. The summed E-state index contributed by atoms with van der Waals surface area (Å²) in [5, 5.41) is 0.891. The molecule has 6 heteroatoms. The van der Waals surface area contributed by atoms with Gasteiger partial charge in [0.2, 0.25) is 0 Å². The van der Waals surface area contributed by atoms with E-state index in [1.807, 2.05) is 19.9 Å². The van der Waals surface area contributed by atoms with Gasteiger partial charge in [-0.05, 0) is 25.5 Å². The van der Waals surface area contributed by atoms with E-state index < -0.39 is 0 Å². The summed E-state index contributed by atoms with van der Waals surface area (Å²) in [6, 6.07) is 1.97. The Labute approximate surface area is 107 Å². The molecule has 0 bridgehead atoms. The van der Waals surface area contributed by atoms with Gasteiger partial charge in [-0.3, -0.25) is 0 Å². The number of nitrogens with zero attached hydrogens (tertiary/aromatic N) is 2. The van der Waals surface area contributed by atoms with Gasteiger partial charge < -0.3 is 10.5 Å². The molecule has 92 valence electrons. The highest BCUT2D eigenvalue weighted by Gasteiger charge is 2.24. The molecule has 0 aliphatic carbocycles. The molecule has 0 fully saturated rings.